The second-order valence-corrected chi connectivity index (χ2v) is 8.65. The fourth-order valence-corrected chi connectivity index (χ4v) is 3.94. The minimum absolute atomic E-state index is 0.0148. The van der Waals surface area contributed by atoms with Gasteiger partial charge in [0.05, 0.1) is 12.8 Å². The first-order valence-electron chi connectivity index (χ1n) is 9.19. The molecule has 1 saturated carbocycles. The van der Waals surface area contributed by atoms with E-state index < -0.39 is 10.0 Å². The number of hydrogen-bond donors (Lipinski definition) is 3. The van der Waals surface area contributed by atoms with E-state index >= 15 is 0 Å². The van der Waals surface area contributed by atoms with Crippen LogP contribution in [0.25, 0.3) is 11.1 Å². The number of hydrogen-bond acceptors (Lipinski definition) is 4. The highest BCUT2D eigenvalue weighted by molar-refractivity contribution is 7.88. The minimum atomic E-state index is -3.20. The Hall–Kier alpha value is -2.58. The maximum absolute atomic E-state index is 11.9. The van der Waals surface area contributed by atoms with Crippen LogP contribution in [-0.4, -0.2) is 45.9 Å². The molecule has 1 aliphatic carbocycles. The number of urea groups is 1. The Morgan fingerprint density at radius 1 is 1.04 bits per heavy atom. The van der Waals surface area contributed by atoms with Gasteiger partial charge in [0.25, 0.3) is 0 Å². The van der Waals surface area contributed by atoms with E-state index in [-0.39, 0.29) is 18.1 Å². The lowest BCUT2D eigenvalue weighted by Gasteiger charge is -2.35. The first kappa shape index (κ1) is 20.2. The molecule has 3 N–H and O–H groups in total. The number of ether oxygens (including phenoxy) is 1. The lowest BCUT2D eigenvalue weighted by molar-refractivity contribution is 0.217. The number of carbonyl (C=O) groups excluding carboxylic acids is 1. The van der Waals surface area contributed by atoms with E-state index in [9.17, 15) is 13.2 Å². The molecule has 28 heavy (non-hydrogen) atoms. The van der Waals surface area contributed by atoms with Crippen LogP contribution in [0.4, 0.5) is 4.79 Å². The molecular weight excluding hydrogens is 378 g/mol. The van der Waals surface area contributed by atoms with Crippen LogP contribution in [0, 0.1) is 0 Å². The molecule has 0 aliphatic heterocycles. The van der Waals surface area contributed by atoms with Gasteiger partial charge in [-0.1, -0.05) is 48.5 Å². The van der Waals surface area contributed by atoms with Crippen molar-refractivity contribution in [2.75, 3.05) is 19.4 Å². The molecule has 2 aromatic carbocycles. The zero-order valence-electron chi connectivity index (χ0n) is 15.7. The van der Waals surface area contributed by atoms with Crippen LogP contribution >= 0.6 is 0 Å². The molecule has 0 unspecified atom stereocenters. The van der Waals surface area contributed by atoms with Crippen molar-refractivity contribution >= 4 is 16.1 Å². The first-order valence-corrected chi connectivity index (χ1v) is 11.1. The Morgan fingerprint density at radius 3 is 2.43 bits per heavy atom. The van der Waals surface area contributed by atoms with Gasteiger partial charge < -0.3 is 15.4 Å². The number of para-hydroxylation sites is 1. The Labute approximate surface area is 165 Å². The summed E-state index contributed by atoms with van der Waals surface area (Å²) in [5.74, 6) is 0.768. The molecule has 2 amide bonds. The van der Waals surface area contributed by atoms with Gasteiger partial charge in [-0.15, -0.1) is 0 Å². The first-order chi connectivity index (χ1) is 13.4. The molecule has 1 aliphatic rings. The van der Waals surface area contributed by atoms with Gasteiger partial charge in [0.15, 0.2) is 0 Å². The lowest BCUT2D eigenvalue weighted by Crippen LogP contribution is -2.55. The van der Waals surface area contributed by atoms with Gasteiger partial charge in [-0.05, 0) is 24.5 Å². The SMILES string of the molecule is CS(=O)(=O)NC1CC(NC(=O)NCCOc2ccccc2-c2ccccc2)C1. The van der Waals surface area contributed by atoms with Gasteiger partial charge >= 0.3 is 6.03 Å². The molecule has 0 saturated heterocycles. The maximum Gasteiger partial charge on any atom is 0.315 e. The van der Waals surface area contributed by atoms with E-state index in [1.54, 1.807) is 0 Å². The van der Waals surface area contributed by atoms with Gasteiger partial charge in [-0.25, -0.2) is 17.9 Å². The molecule has 8 heteroatoms. The Bertz CT molecular complexity index is 897. The third kappa shape index (κ3) is 5.97. The van der Waals surface area contributed by atoms with Gasteiger partial charge in [-0.2, -0.15) is 0 Å². The third-order valence-corrected chi connectivity index (χ3v) is 5.23. The monoisotopic (exact) mass is 403 g/mol. The Balaban J connectivity index is 1.38. The van der Waals surface area contributed by atoms with Crippen LogP contribution in [-0.2, 0) is 10.0 Å². The second-order valence-electron chi connectivity index (χ2n) is 6.87. The van der Waals surface area contributed by atoms with E-state index in [1.165, 1.54) is 0 Å². The van der Waals surface area contributed by atoms with E-state index in [0.29, 0.717) is 26.0 Å². The summed E-state index contributed by atoms with van der Waals surface area (Å²) >= 11 is 0. The standard InChI is InChI=1S/C20H25N3O4S/c1-28(25,26)23-17-13-16(14-17)22-20(24)21-11-12-27-19-10-6-5-9-18(19)15-7-3-2-4-8-15/h2-10,16-17,23H,11-14H2,1H3,(H2,21,22,24). The van der Waals surface area contributed by atoms with Crippen LogP contribution in [0.2, 0.25) is 0 Å². The van der Waals surface area contributed by atoms with Gasteiger partial charge in [0.1, 0.15) is 12.4 Å². The van der Waals surface area contributed by atoms with Crippen molar-refractivity contribution in [2.45, 2.75) is 24.9 Å². The molecular formula is C20H25N3O4S. The summed E-state index contributed by atoms with van der Waals surface area (Å²) in [6.45, 7) is 0.715. The topological polar surface area (TPSA) is 96.5 Å². The van der Waals surface area contributed by atoms with Crippen LogP contribution in [0.1, 0.15) is 12.8 Å². The summed E-state index contributed by atoms with van der Waals surface area (Å²) < 4.78 is 30.7. The molecule has 0 radical (unpaired) electrons. The summed E-state index contributed by atoms with van der Waals surface area (Å²) in [5.41, 5.74) is 2.08. The van der Waals surface area contributed by atoms with E-state index in [4.69, 9.17) is 4.74 Å². The van der Waals surface area contributed by atoms with E-state index in [0.717, 1.165) is 23.1 Å². The van der Waals surface area contributed by atoms with Crippen molar-refractivity contribution in [3.05, 3.63) is 54.6 Å². The van der Waals surface area contributed by atoms with E-state index in [1.807, 2.05) is 54.6 Å². The molecule has 0 spiro atoms. The molecule has 7 nitrogen and oxygen atoms in total. The fourth-order valence-electron chi connectivity index (χ4n) is 3.15. The highest BCUT2D eigenvalue weighted by Crippen LogP contribution is 2.29. The summed E-state index contributed by atoms with van der Waals surface area (Å²) in [6.07, 6.45) is 2.33. The van der Waals surface area contributed by atoms with E-state index in [2.05, 4.69) is 15.4 Å². The molecule has 1 fully saturated rings. The van der Waals surface area contributed by atoms with Crippen molar-refractivity contribution in [2.24, 2.45) is 0 Å². The molecule has 150 valence electrons. The molecule has 3 rings (SSSR count). The van der Waals surface area contributed by atoms with Gasteiger partial charge in [0.2, 0.25) is 10.0 Å². The number of benzene rings is 2. The van der Waals surface area contributed by atoms with Crippen LogP contribution < -0.4 is 20.1 Å². The summed E-state index contributed by atoms with van der Waals surface area (Å²) in [6, 6.07) is 17.4. The number of carbonyl (C=O) groups is 1. The smallest absolute Gasteiger partial charge is 0.315 e. The van der Waals surface area contributed by atoms with Crippen molar-refractivity contribution in [3.8, 4) is 16.9 Å². The van der Waals surface area contributed by atoms with Crippen molar-refractivity contribution in [3.63, 3.8) is 0 Å². The Morgan fingerprint density at radius 2 is 1.71 bits per heavy atom. The lowest BCUT2D eigenvalue weighted by atomic mass is 9.88. The van der Waals surface area contributed by atoms with Crippen LogP contribution in [0.5, 0.6) is 5.75 Å². The average molecular weight is 404 g/mol. The van der Waals surface area contributed by atoms with Gasteiger partial charge in [0, 0.05) is 17.6 Å². The molecule has 0 atom stereocenters. The predicted octanol–water partition coefficient (Wildman–Crippen LogP) is 2.11. The number of rotatable bonds is 8. The normalized spacial score (nSPS) is 18.8. The van der Waals surface area contributed by atoms with Gasteiger partial charge in [-0.3, -0.25) is 0 Å². The number of nitrogens with one attached hydrogen (secondary N) is 3. The highest BCUT2D eigenvalue weighted by Gasteiger charge is 2.31. The molecule has 0 bridgehead atoms. The van der Waals surface area contributed by atoms with Crippen LogP contribution in [0.15, 0.2) is 54.6 Å². The predicted molar refractivity (Wildman–Crippen MR) is 109 cm³/mol. The van der Waals surface area contributed by atoms with Crippen molar-refractivity contribution < 1.29 is 17.9 Å². The maximum atomic E-state index is 11.9. The minimum Gasteiger partial charge on any atom is -0.491 e. The zero-order chi connectivity index (χ0) is 20.0. The molecule has 0 heterocycles. The Kier molecular flexibility index (Phi) is 6.53. The second kappa shape index (κ2) is 9.07. The van der Waals surface area contributed by atoms with Crippen LogP contribution in [0.3, 0.4) is 0 Å². The average Bonchev–Trinajstić information content (AvgIpc) is 2.63. The quantitative estimate of drug-likeness (QED) is 0.588. The third-order valence-electron chi connectivity index (χ3n) is 4.47. The van der Waals surface area contributed by atoms with Crippen molar-refractivity contribution in [1.29, 1.82) is 0 Å². The molecule has 2 aromatic rings. The highest BCUT2D eigenvalue weighted by atomic mass is 32.2. The number of amides is 2. The summed E-state index contributed by atoms with van der Waals surface area (Å²) in [4.78, 5) is 11.9. The molecule has 0 aromatic heterocycles. The van der Waals surface area contributed by atoms with Crippen molar-refractivity contribution in [1.82, 2.24) is 15.4 Å². The summed E-state index contributed by atoms with van der Waals surface area (Å²) in [7, 11) is -3.20. The number of sulfonamides is 1. The summed E-state index contributed by atoms with van der Waals surface area (Å²) in [5, 5.41) is 5.59. The largest absolute Gasteiger partial charge is 0.491 e. The zero-order valence-corrected chi connectivity index (χ0v) is 16.5. The fraction of sp³-hybridized carbons (Fsp3) is 0.350.